The maximum atomic E-state index is 11.1. The van der Waals surface area contributed by atoms with E-state index in [1.165, 1.54) is 0 Å². The van der Waals surface area contributed by atoms with Crippen molar-refractivity contribution >= 4 is 5.97 Å². The Morgan fingerprint density at radius 1 is 1.44 bits per heavy atom. The number of rotatable bonds is 3. The van der Waals surface area contributed by atoms with Gasteiger partial charge >= 0.3 is 5.97 Å². The second kappa shape index (κ2) is 5.09. The Hall–Kier alpha value is -1.39. The predicted molar refractivity (Wildman–Crippen MR) is 60.6 cm³/mol. The van der Waals surface area contributed by atoms with Gasteiger partial charge in [-0.05, 0) is 18.4 Å². The summed E-state index contributed by atoms with van der Waals surface area (Å²) in [5, 5.41) is 10.9. The minimum Gasteiger partial charge on any atom is -0.480 e. The summed E-state index contributed by atoms with van der Waals surface area (Å²) in [6.07, 6.45) is 1.64. The highest BCUT2D eigenvalue weighted by Crippen LogP contribution is 2.14. The number of aliphatic carboxylic acids is 1. The normalized spacial score (nSPS) is 21.9. The Labute approximate surface area is 94.9 Å². The first-order valence-corrected chi connectivity index (χ1v) is 5.54. The number of carboxylic acid groups (broad SMARTS) is 1. The smallest absolute Gasteiger partial charge is 0.322 e. The van der Waals surface area contributed by atoms with E-state index < -0.39 is 12.0 Å². The molecule has 1 heterocycles. The van der Waals surface area contributed by atoms with E-state index in [-0.39, 0.29) is 0 Å². The van der Waals surface area contributed by atoms with Crippen molar-refractivity contribution in [3.05, 3.63) is 35.9 Å². The van der Waals surface area contributed by atoms with E-state index in [2.05, 4.69) is 5.43 Å². The van der Waals surface area contributed by atoms with Gasteiger partial charge in [-0.2, -0.15) is 0 Å². The minimum absolute atomic E-state index is 0.408. The lowest BCUT2D eigenvalue weighted by atomic mass is 10.1. The van der Waals surface area contributed by atoms with Crippen LogP contribution in [0.5, 0.6) is 0 Å². The molecule has 1 aliphatic heterocycles. The van der Waals surface area contributed by atoms with Crippen LogP contribution in [0.4, 0.5) is 0 Å². The molecule has 0 aliphatic carbocycles. The van der Waals surface area contributed by atoms with Crippen LogP contribution in [0.25, 0.3) is 0 Å². The number of nitrogens with zero attached hydrogens (tertiary/aromatic N) is 1. The zero-order valence-electron chi connectivity index (χ0n) is 9.10. The monoisotopic (exact) mass is 220 g/mol. The Balaban J connectivity index is 2.04. The van der Waals surface area contributed by atoms with E-state index in [1.807, 2.05) is 35.3 Å². The maximum absolute atomic E-state index is 11.1. The van der Waals surface area contributed by atoms with Gasteiger partial charge in [-0.15, -0.1) is 0 Å². The molecule has 1 aliphatic rings. The third-order valence-electron chi connectivity index (χ3n) is 2.83. The molecule has 0 saturated carbocycles. The number of hydrogen-bond acceptors (Lipinski definition) is 3. The molecule has 2 N–H and O–H groups in total. The zero-order chi connectivity index (χ0) is 11.4. The van der Waals surface area contributed by atoms with Crippen molar-refractivity contribution in [1.82, 2.24) is 10.4 Å². The summed E-state index contributed by atoms with van der Waals surface area (Å²) in [7, 11) is 0. The Morgan fingerprint density at radius 2 is 2.19 bits per heavy atom. The molecule has 1 atom stereocenters. The van der Waals surface area contributed by atoms with Crippen LogP contribution in [-0.4, -0.2) is 28.7 Å². The first-order valence-electron chi connectivity index (χ1n) is 5.54. The van der Waals surface area contributed by atoms with Crippen LogP contribution in [0.15, 0.2) is 30.3 Å². The van der Waals surface area contributed by atoms with Crippen LogP contribution in [0.2, 0.25) is 0 Å². The van der Waals surface area contributed by atoms with Crippen molar-refractivity contribution in [3.8, 4) is 0 Å². The fourth-order valence-electron chi connectivity index (χ4n) is 1.99. The molecule has 4 heteroatoms. The van der Waals surface area contributed by atoms with E-state index in [1.54, 1.807) is 0 Å². The third-order valence-corrected chi connectivity index (χ3v) is 2.83. The van der Waals surface area contributed by atoms with Gasteiger partial charge in [0.1, 0.15) is 6.04 Å². The van der Waals surface area contributed by atoms with Gasteiger partial charge in [0.15, 0.2) is 0 Å². The number of hydrogen-bond donors (Lipinski definition) is 2. The molecule has 0 amide bonds. The first kappa shape index (κ1) is 11.1. The Bertz CT molecular complexity index is 353. The third kappa shape index (κ3) is 2.59. The molecule has 0 bridgehead atoms. The van der Waals surface area contributed by atoms with E-state index in [0.717, 1.165) is 24.9 Å². The number of carbonyl (C=O) groups is 1. The molecule has 2 rings (SSSR count). The molecule has 1 aromatic carbocycles. The van der Waals surface area contributed by atoms with Crippen molar-refractivity contribution in [1.29, 1.82) is 0 Å². The molecule has 1 saturated heterocycles. The molecule has 1 fully saturated rings. The number of hydrazine groups is 1. The van der Waals surface area contributed by atoms with E-state index in [4.69, 9.17) is 5.11 Å². The molecule has 0 spiro atoms. The van der Waals surface area contributed by atoms with Crippen LogP contribution in [0.3, 0.4) is 0 Å². The van der Waals surface area contributed by atoms with Gasteiger partial charge in [-0.3, -0.25) is 10.2 Å². The molecule has 1 unspecified atom stereocenters. The summed E-state index contributed by atoms with van der Waals surface area (Å²) < 4.78 is 0. The zero-order valence-corrected chi connectivity index (χ0v) is 9.10. The van der Waals surface area contributed by atoms with Gasteiger partial charge in [-0.1, -0.05) is 30.3 Å². The summed E-state index contributed by atoms with van der Waals surface area (Å²) in [6, 6.07) is 9.50. The maximum Gasteiger partial charge on any atom is 0.322 e. The quantitative estimate of drug-likeness (QED) is 0.804. The second-order valence-electron chi connectivity index (χ2n) is 4.02. The van der Waals surface area contributed by atoms with Crippen molar-refractivity contribution in [2.45, 2.75) is 25.4 Å². The lowest BCUT2D eigenvalue weighted by molar-refractivity contribution is -0.146. The topological polar surface area (TPSA) is 52.6 Å². The van der Waals surface area contributed by atoms with Crippen LogP contribution in [0.1, 0.15) is 18.4 Å². The standard InChI is InChI=1S/C12H16N2O2/c15-12(16)11-7-4-8-13-14(11)9-10-5-2-1-3-6-10/h1-3,5-6,11,13H,4,7-9H2,(H,15,16). The van der Waals surface area contributed by atoms with Gasteiger partial charge in [0.25, 0.3) is 0 Å². The largest absolute Gasteiger partial charge is 0.480 e. The molecule has 86 valence electrons. The van der Waals surface area contributed by atoms with E-state index >= 15 is 0 Å². The highest BCUT2D eigenvalue weighted by molar-refractivity contribution is 5.73. The van der Waals surface area contributed by atoms with Crippen LogP contribution in [0, 0.1) is 0 Å². The molecule has 4 nitrogen and oxygen atoms in total. The summed E-state index contributed by atoms with van der Waals surface area (Å²) in [4.78, 5) is 11.1. The van der Waals surface area contributed by atoms with Gasteiger partial charge < -0.3 is 5.11 Å². The second-order valence-corrected chi connectivity index (χ2v) is 4.02. The van der Waals surface area contributed by atoms with Gasteiger partial charge in [0.2, 0.25) is 0 Å². The van der Waals surface area contributed by atoms with Crippen molar-refractivity contribution in [3.63, 3.8) is 0 Å². The molecular formula is C12H16N2O2. The predicted octanol–water partition coefficient (Wildman–Crippen LogP) is 1.24. The highest BCUT2D eigenvalue weighted by atomic mass is 16.4. The number of nitrogens with one attached hydrogen (secondary N) is 1. The van der Waals surface area contributed by atoms with E-state index in [9.17, 15) is 4.79 Å². The Morgan fingerprint density at radius 3 is 2.88 bits per heavy atom. The number of benzene rings is 1. The summed E-state index contributed by atoms with van der Waals surface area (Å²) in [5.74, 6) is -0.747. The summed E-state index contributed by atoms with van der Waals surface area (Å²) >= 11 is 0. The first-order chi connectivity index (χ1) is 7.77. The molecule has 16 heavy (non-hydrogen) atoms. The SMILES string of the molecule is O=C(O)C1CCCNN1Cc1ccccc1. The highest BCUT2D eigenvalue weighted by Gasteiger charge is 2.27. The van der Waals surface area contributed by atoms with Crippen molar-refractivity contribution < 1.29 is 9.90 Å². The minimum atomic E-state index is -0.747. The fourth-order valence-corrected chi connectivity index (χ4v) is 1.99. The molecular weight excluding hydrogens is 204 g/mol. The summed E-state index contributed by atoms with van der Waals surface area (Å²) in [6.45, 7) is 1.49. The average molecular weight is 220 g/mol. The van der Waals surface area contributed by atoms with Crippen LogP contribution in [-0.2, 0) is 11.3 Å². The molecule has 0 aromatic heterocycles. The summed E-state index contributed by atoms with van der Waals surface area (Å²) in [5.41, 5.74) is 4.28. The lowest BCUT2D eigenvalue weighted by Gasteiger charge is -2.33. The number of carboxylic acids is 1. The molecule has 1 aromatic rings. The van der Waals surface area contributed by atoms with Gasteiger partial charge in [0, 0.05) is 13.1 Å². The van der Waals surface area contributed by atoms with Gasteiger partial charge in [-0.25, -0.2) is 5.01 Å². The van der Waals surface area contributed by atoms with Crippen molar-refractivity contribution in [2.75, 3.05) is 6.54 Å². The average Bonchev–Trinajstić information content (AvgIpc) is 2.31. The Kier molecular flexibility index (Phi) is 3.54. The van der Waals surface area contributed by atoms with Crippen LogP contribution >= 0.6 is 0 Å². The molecule has 0 radical (unpaired) electrons. The van der Waals surface area contributed by atoms with Crippen molar-refractivity contribution in [2.24, 2.45) is 0 Å². The van der Waals surface area contributed by atoms with Crippen LogP contribution < -0.4 is 5.43 Å². The lowest BCUT2D eigenvalue weighted by Crippen LogP contribution is -2.52. The van der Waals surface area contributed by atoms with E-state index in [0.29, 0.717) is 6.54 Å². The van der Waals surface area contributed by atoms with Gasteiger partial charge in [0.05, 0.1) is 0 Å². The fraction of sp³-hybridized carbons (Fsp3) is 0.417.